The Bertz CT molecular complexity index is 332. The van der Waals surface area contributed by atoms with Crippen LogP contribution in [0.15, 0.2) is 24.3 Å². The Morgan fingerprint density at radius 3 is 2.53 bits per heavy atom. The average Bonchev–Trinajstić information content (AvgIpc) is 2.38. The number of ether oxygens (including phenoxy) is 1. The summed E-state index contributed by atoms with van der Waals surface area (Å²) in [6.07, 6.45) is -0.325. The Balaban J connectivity index is 1.92. The van der Waals surface area contributed by atoms with E-state index in [2.05, 4.69) is 22.3 Å². The molecular weight excluding hydrogens is 216 g/mol. The second kappa shape index (κ2) is 5.89. The zero-order valence-corrected chi connectivity index (χ0v) is 10.2. The van der Waals surface area contributed by atoms with E-state index in [1.807, 2.05) is 12.1 Å². The van der Waals surface area contributed by atoms with Gasteiger partial charge in [0, 0.05) is 31.0 Å². The SMILES string of the molecule is CC(O)CNc1ccc(N2CCOCC2)cc1. The first-order chi connectivity index (χ1) is 8.25. The Kier molecular flexibility index (Phi) is 4.23. The fourth-order valence-corrected chi connectivity index (χ4v) is 1.88. The fourth-order valence-electron chi connectivity index (χ4n) is 1.88. The van der Waals surface area contributed by atoms with Crippen LogP contribution in [0, 0.1) is 0 Å². The van der Waals surface area contributed by atoms with Crippen LogP contribution in [-0.2, 0) is 4.74 Å². The summed E-state index contributed by atoms with van der Waals surface area (Å²) < 4.78 is 5.33. The molecule has 1 fully saturated rings. The molecule has 1 unspecified atom stereocenters. The molecule has 0 aromatic heterocycles. The van der Waals surface area contributed by atoms with E-state index in [9.17, 15) is 5.11 Å². The summed E-state index contributed by atoms with van der Waals surface area (Å²) >= 11 is 0. The lowest BCUT2D eigenvalue weighted by Crippen LogP contribution is -2.36. The van der Waals surface area contributed by atoms with Crippen molar-refractivity contribution < 1.29 is 9.84 Å². The van der Waals surface area contributed by atoms with Crippen LogP contribution in [0.2, 0.25) is 0 Å². The molecule has 0 saturated carbocycles. The first-order valence-electron chi connectivity index (χ1n) is 6.10. The van der Waals surface area contributed by atoms with Crippen molar-refractivity contribution in [2.24, 2.45) is 0 Å². The van der Waals surface area contributed by atoms with E-state index in [1.54, 1.807) is 6.92 Å². The number of aliphatic hydroxyl groups excluding tert-OH is 1. The number of nitrogens with one attached hydrogen (secondary N) is 1. The zero-order valence-electron chi connectivity index (χ0n) is 10.2. The number of rotatable bonds is 4. The molecule has 4 heteroatoms. The highest BCUT2D eigenvalue weighted by Gasteiger charge is 2.10. The molecule has 0 spiro atoms. The van der Waals surface area contributed by atoms with E-state index in [-0.39, 0.29) is 6.10 Å². The fraction of sp³-hybridized carbons (Fsp3) is 0.538. The molecule has 4 nitrogen and oxygen atoms in total. The number of hydrogen-bond donors (Lipinski definition) is 2. The minimum atomic E-state index is -0.325. The first kappa shape index (κ1) is 12.2. The monoisotopic (exact) mass is 236 g/mol. The molecule has 0 bridgehead atoms. The first-order valence-corrected chi connectivity index (χ1v) is 6.10. The maximum Gasteiger partial charge on any atom is 0.0684 e. The van der Waals surface area contributed by atoms with E-state index in [0.29, 0.717) is 6.54 Å². The molecule has 1 aromatic rings. The molecule has 1 aromatic carbocycles. The second-order valence-electron chi connectivity index (χ2n) is 4.38. The van der Waals surface area contributed by atoms with Crippen LogP contribution in [0.3, 0.4) is 0 Å². The van der Waals surface area contributed by atoms with Crippen LogP contribution in [0.4, 0.5) is 11.4 Å². The predicted molar refractivity (Wildman–Crippen MR) is 69.6 cm³/mol. The minimum Gasteiger partial charge on any atom is -0.392 e. The van der Waals surface area contributed by atoms with Gasteiger partial charge in [0.15, 0.2) is 0 Å². The largest absolute Gasteiger partial charge is 0.392 e. The number of aliphatic hydroxyl groups is 1. The third kappa shape index (κ3) is 3.61. The van der Waals surface area contributed by atoms with Crippen LogP contribution in [-0.4, -0.2) is 44.1 Å². The Hall–Kier alpha value is -1.26. The van der Waals surface area contributed by atoms with E-state index >= 15 is 0 Å². The molecule has 1 aliphatic rings. The second-order valence-corrected chi connectivity index (χ2v) is 4.38. The highest BCUT2D eigenvalue weighted by molar-refractivity contribution is 5.55. The van der Waals surface area contributed by atoms with Crippen molar-refractivity contribution in [1.29, 1.82) is 0 Å². The lowest BCUT2D eigenvalue weighted by molar-refractivity contribution is 0.122. The van der Waals surface area contributed by atoms with Gasteiger partial charge in [-0.05, 0) is 31.2 Å². The third-order valence-corrected chi connectivity index (χ3v) is 2.85. The van der Waals surface area contributed by atoms with Gasteiger partial charge in [-0.2, -0.15) is 0 Å². The van der Waals surface area contributed by atoms with Crippen LogP contribution < -0.4 is 10.2 Å². The Labute approximate surface area is 102 Å². The minimum absolute atomic E-state index is 0.325. The smallest absolute Gasteiger partial charge is 0.0684 e. The molecule has 94 valence electrons. The van der Waals surface area contributed by atoms with Gasteiger partial charge >= 0.3 is 0 Å². The number of anilines is 2. The van der Waals surface area contributed by atoms with Crippen LogP contribution in [0.1, 0.15) is 6.92 Å². The van der Waals surface area contributed by atoms with Gasteiger partial charge in [0.25, 0.3) is 0 Å². The molecule has 1 atom stereocenters. The highest BCUT2D eigenvalue weighted by atomic mass is 16.5. The standard InChI is InChI=1S/C13H20N2O2/c1-11(16)10-14-12-2-4-13(5-3-12)15-6-8-17-9-7-15/h2-5,11,14,16H,6-10H2,1H3. The molecule has 0 amide bonds. The molecule has 2 N–H and O–H groups in total. The van der Waals surface area contributed by atoms with Crippen molar-refractivity contribution in [3.8, 4) is 0 Å². The molecule has 17 heavy (non-hydrogen) atoms. The van der Waals surface area contributed by atoms with Gasteiger partial charge in [0.1, 0.15) is 0 Å². The Morgan fingerprint density at radius 1 is 1.29 bits per heavy atom. The molecule has 1 heterocycles. The lowest BCUT2D eigenvalue weighted by atomic mass is 10.2. The average molecular weight is 236 g/mol. The summed E-state index contributed by atoms with van der Waals surface area (Å²) in [5.41, 5.74) is 2.28. The van der Waals surface area contributed by atoms with Gasteiger partial charge < -0.3 is 20.1 Å². The number of hydrogen-bond acceptors (Lipinski definition) is 4. The van der Waals surface area contributed by atoms with E-state index in [1.165, 1.54) is 5.69 Å². The normalized spacial score (nSPS) is 17.9. The van der Waals surface area contributed by atoms with Crippen molar-refractivity contribution in [3.05, 3.63) is 24.3 Å². The molecule has 0 aliphatic carbocycles. The quantitative estimate of drug-likeness (QED) is 0.827. The lowest BCUT2D eigenvalue weighted by Gasteiger charge is -2.29. The molecular formula is C13H20N2O2. The van der Waals surface area contributed by atoms with E-state index < -0.39 is 0 Å². The van der Waals surface area contributed by atoms with Crippen LogP contribution in [0.5, 0.6) is 0 Å². The zero-order chi connectivity index (χ0) is 12.1. The predicted octanol–water partition coefficient (Wildman–Crippen LogP) is 1.32. The van der Waals surface area contributed by atoms with Crippen molar-refractivity contribution in [3.63, 3.8) is 0 Å². The molecule has 0 radical (unpaired) electrons. The summed E-state index contributed by atoms with van der Waals surface area (Å²) in [4.78, 5) is 2.32. The van der Waals surface area contributed by atoms with Gasteiger partial charge in [0.2, 0.25) is 0 Å². The topological polar surface area (TPSA) is 44.7 Å². The van der Waals surface area contributed by atoms with Gasteiger partial charge in [-0.25, -0.2) is 0 Å². The van der Waals surface area contributed by atoms with Crippen molar-refractivity contribution >= 4 is 11.4 Å². The number of morpholine rings is 1. The van der Waals surface area contributed by atoms with Crippen LogP contribution >= 0.6 is 0 Å². The summed E-state index contributed by atoms with van der Waals surface area (Å²) in [5.74, 6) is 0. The number of nitrogens with zero attached hydrogens (tertiary/aromatic N) is 1. The van der Waals surface area contributed by atoms with E-state index in [4.69, 9.17) is 4.74 Å². The van der Waals surface area contributed by atoms with Gasteiger partial charge in [-0.3, -0.25) is 0 Å². The Morgan fingerprint density at radius 2 is 1.94 bits per heavy atom. The van der Waals surface area contributed by atoms with Gasteiger partial charge in [0.05, 0.1) is 19.3 Å². The summed E-state index contributed by atoms with van der Waals surface area (Å²) in [5, 5.41) is 12.4. The van der Waals surface area contributed by atoms with Crippen LogP contribution in [0.25, 0.3) is 0 Å². The third-order valence-electron chi connectivity index (χ3n) is 2.85. The maximum absolute atomic E-state index is 9.19. The van der Waals surface area contributed by atoms with E-state index in [0.717, 1.165) is 32.0 Å². The van der Waals surface area contributed by atoms with Crippen molar-refractivity contribution in [1.82, 2.24) is 0 Å². The summed E-state index contributed by atoms with van der Waals surface area (Å²) in [6, 6.07) is 8.31. The maximum atomic E-state index is 9.19. The van der Waals surface area contributed by atoms with Crippen molar-refractivity contribution in [2.75, 3.05) is 43.1 Å². The summed E-state index contributed by atoms with van der Waals surface area (Å²) in [6.45, 7) is 5.89. The summed E-state index contributed by atoms with van der Waals surface area (Å²) in [7, 11) is 0. The number of benzene rings is 1. The molecule has 2 rings (SSSR count). The van der Waals surface area contributed by atoms with Gasteiger partial charge in [-0.15, -0.1) is 0 Å². The highest BCUT2D eigenvalue weighted by Crippen LogP contribution is 2.18. The van der Waals surface area contributed by atoms with Gasteiger partial charge in [-0.1, -0.05) is 0 Å². The molecule has 1 saturated heterocycles. The van der Waals surface area contributed by atoms with Crippen molar-refractivity contribution in [2.45, 2.75) is 13.0 Å². The molecule has 1 aliphatic heterocycles.